The molecule has 1 amide bonds. The average Bonchev–Trinajstić information content (AvgIpc) is 3.38. The van der Waals surface area contributed by atoms with Crippen molar-refractivity contribution in [3.8, 4) is 5.88 Å². The molecular weight excluding hydrogens is 295 g/mol. The summed E-state index contributed by atoms with van der Waals surface area (Å²) < 4.78 is 18.9. The van der Waals surface area contributed by atoms with E-state index < -0.39 is 5.82 Å². The number of benzene rings is 1. The van der Waals surface area contributed by atoms with Crippen LogP contribution in [0.5, 0.6) is 5.88 Å². The molecule has 1 fully saturated rings. The summed E-state index contributed by atoms with van der Waals surface area (Å²) in [5, 5.41) is 2.80. The summed E-state index contributed by atoms with van der Waals surface area (Å²) in [7, 11) is 0. The SMILES string of the molecule is Cc1ccc(F)cc1C(=O)NCc1ccnc(OCC2CC2)c1. The maximum atomic E-state index is 13.3. The van der Waals surface area contributed by atoms with E-state index >= 15 is 0 Å². The molecule has 3 rings (SSSR count). The average molecular weight is 314 g/mol. The van der Waals surface area contributed by atoms with Gasteiger partial charge in [-0.25, -0.2) is 9.37 Å². The zero-order valence-corrected chi connectivity index (χ0v) is 13.0. The number of ether oxygens (including phenoxy) is 1. The summed E-state index contributed by atoms with van der Waals surface area (Å²) in [6, 6.07) is 7.84. The molecule has 2 aromatic rings. The zero-order valence-electron chi connectivity index (χ0n) is 13.0. The number of nitrogens with one attached hydrogen (secondary N) is 1. The Labute approximate surface area is 134 Å². The predicted molar refractivity (Wildman–Crippen MR) is 84.8 cm³/mol. The number of hydrogen-bond acceptors (Lipinski definition) is 3. The fourth-order valence-corrected chi connectivity index (χ4v) is 2.24. The van der Waals surface area contributed by atoms with E-state index in [1.807, 2.05) is 12.1 Å². The zero-order chi connectivity index (χ0) is 16.2. The predicted octanol–water partition coefficient (Wildman–Crippen LogP) is 3.25. The number of pyridine rings is 1. The number of aryl methyl sites for hydroxylation is 1. The molecule has 0 aliphatic heterocycles. The van der Waals surface area contributed by atoms with Crippen LogP contribution in [0.3, 0.4) is 0 Å². The van der Waals surface area contributed by atoms with Gasteiger partial charge >= 0.3 is 0 Å². The third kappa shape index (κ3) is 4.28. The van der Waals surface area contributed by atoms with Gasteiger partial charge in [-0.15, -0.1) is 0 Å². The van der Waals surface area contributed by atoms with Gasteiger partial charge < -0.3 is 10.1 Å². The van der Waals surface area contributed by atoms with Gasteiger partial charge in [-0.3, -0.25) is 4.79 Å². The first-order valence-corrected chi connectivity index (χ1v) is 7.74. The Kier molecular flexibility index (Phi) is 4.55. The van der Waals surface area contributed by atoms with Crippen LogP contribution < -0.4 is 10.1 Å². The quantitative estimate of drug-likeness (QED) is 0.890. The molecule has 5 heteroatoms. The Morgan fingerprint density at radius 1 is 1.35 bits per heavy atom. The van der Waals surface area contributed by atoms with Crippen LogP contribution in [0.25, 0.3) is 0 Å². The minimum atomic E-state index is -0.416. The highest BCUT2D eigenvalue weighted by molar-refractivity contribution is 5.95. The molecule has 0 bridgehead atoms. The summed E-state index contributed by atoms with van der Waals surface area (Å²) in [6.07, 6.45) is 4.11. The number of rotatable bonds is 6. The Morgan fingerprint density at radius 3 is 2.96 bits per heavy atom. The highest BCUT2D eigenvalue weighted by Gasteiger charge is 2.22. The molecule has 1 N–H and O–H groups in total. The third-order valence-corrected chi connectivity index (χ3v) is 3.86. The summed E-state index contributed by atoms with van der Waals surface area (Å²) in [5.74, 6) is 0.529. The van der Waals surface area contributed by atoms with Crippen LogP contribution >= 0.6 is 0 Å². The maximum Gasteiger partial charge on any atom is 0.251 e. The molecule has 1 aromatic heterocycles. The van der Waals surface area contributed by atoms with Crippen molar-refractivity contribution in [3.63, 3.8) is 0 Å². The van der Waals surface area contributed by atoms with Crippen LogP contribution in [0.4, 0.5) is 4.39 Å². The van der Waals surface area contributed by atoms with Crippen LogP contribution in [0.1, 0.15) is 34.3 Å². The van der Waals surface area contributed by atoms with Crippen molar-refractivity contribution < 1.29 is 13.9 Å². The lowest BCUT2D eigenvalue weighted by Crippen LogP contribution is -2.23. The Morgan fingerprint density at radius 2 is 2.17 bits per heavy atom. The lowest BCUT2D eigenvalue weighted by Gasteiger charge is -2.09. The maximum absolute atomic E-state index is 13.3. The van der Waals surface area contributed by atoms with Gasteiger partial charge in [0.25, 0.3) is 5.91 Å². The Balaban J connectivity index is 1.59. The van der Waals surface area contributed by atoms with Gasteiger partial charge in [0, 0.05) is 24.4 Å². The normalized spacial score (nSPS) is 13.7. The molecule has 0 radical (unpaired) electrons. The van der Waals surface area contributed by atoms with E-state index in [0.717, 1.165) is 11.1 Å². The first kappa shape index (κ1) is 15.5. The summed E-state index contributed by atoms with van der Waals surface area (Å²) in [5.41, 5.74) is 1.99. The van der Waals surface area contributed by atoms with Gasteiger partial charge in [0.2, 0.25) is 5.88 Å². The molecule has 0 saturated heterocycles. The molecular formula is C18H19FN2O2. The van der Waals surface area contributed by atoms with Crippen molar-refractivity contribution in [2.45, 2.75) is 26.3 Å². The fraction of sp³-hybridized carbons (Fsp3) is 0.333. The van der Waals surface area contributed by atoms with E-state index in [-0.39, 0.29) is 5.91 Å². The van der Waals surface area contributed by atoms with E-state index in [1.54, 1.807) is 19.2 Å². The van der Waals surface area contributed by atoms with Gasteiger partial charge in [-0.05, 0) is 55.0 Å². The summed E-state index contributed by atoms with van der Waals surface area (Å²) >= 11 is 0. The van der Waals surface area contributed by atoms with Crippen molar-refractivity contribution in [2.24, 2.45) is 5.92 Å². The molecule has 1 aromatic carbocycles. The fourth-order valence-electron chi connectivity index (χ4n) is 2.24. The van der Waals surface area contributed by atoms with E-state index in [0.29, 0.717) is 30.5 Å². The second-order valence-corrected chi connectivity index (χ2v) is 5.90. The number of carbonyl (C=O) groups is 1. The van der Waals surface area contributed by atoms with Crippen molar-refractivity contribution in [1.29, 1.82) is 0 Å². The van der Waals surface area contributed by atoms with E-state index in [1.165, 1.54) is 25.0 Å². The molecule has 1 heterocycles. The summed E-state index contributed by atoms with van der Waals surface area (Å²) in [4.78, 5) is 16.3. The first-order valence-electron chi connectivity index (χ1n) is 7.74. The van der Waals surface area contributed by atoms with Crippen LogP contribution in [0.15, 0.2) is 36.5 Å². The van der Waals surface area contributed by atoms with Gasteiger partial charge in [0.15, 0.2) is 0 Å². The van der Waals surface area contributed by atoms with E-state index in [2.05, 4.69) is 10.3 Å². The van der Waals surface area contributed by atoms with Gasteiger partial charge in [-0.2, -0.15) is 0 Å². The lowest BCUT2D eigenvalue weighted by atomic mass is 10.1. The first-order chi connectivity index (χ1) is 11.1. The molecule has 0 unspecified atom stereocenters. The summed E-state index contributed by atoms with van der Waals surface area (Å²) in [6.45, 7) is 2.83. The van der Waals surface area contributed by atoms with Crippen molar-refractivity contribution >= 4 is 5.91 Å². The Hall–Kier alpha value is -2.43. The van der Waals surface area contributed by atoms with E-state index in [9.17, 15) is 9.18 Å². The molecule has 1 saturated carbocycles. The number of aromatic nitrogens is 1. The largest absolute Gasteiger partial charge is 0.477 e. The van der Waals surface area contributed by atoms with Gasteiger partial charge in [-0.1, -0.05) is 6.07 Å². The molecule has 1 aliphatic rings. The van der Waals surface area contributed by atoms with Crippen LogP contribution in [-0.2, 0) is 6.54 Å². The second-order valence-electron chi connectivity index (χ2n) is 5.90. The number of hydrogen-bond donors (Lipinski definition) is 1. The standard InChI is InChI=1S/C18H19FN2O2/c1-12-2-5-15(19)9-16(12)18(22)21-10-14-6-7-20-17(8-14)23-11-13-3-4-13/h2,5-9,13H,3-4,10-11H2,1H3,(H,21,22). The highest BCUT2D eigenvalue weighted by Crippen LogP contribution is 2.29. The van der Waals surface area contributed by atoms with Crippen molar-refractivity contribution in [3.05, 3.63) is 59.0 Å². The minimum Gasteiger partial charge on any atom is -0.477 e. The Bertz CT molecular complexity index is 714. The molecule has 0 atom stereocenters. The minimum absolute atomic E-state index is 0.292. The van der Waals surface area contributed by atoms with Crippen LogP contribution in [-0.4, -0.2) is 17.5 Å². The third-order valence-electron chi connectivity index (χ3n) is 3.86. The molecule has 23 heavy (non-hydrogen) atoms. The number of nitrogens with zero attached hydrogens (tertiary/aromatic N) is 1. The topological polar surface area (TPSA) is 51.2 Å². The number of carbonyl (C=O) groups excluding carboxylic acids is 1. The van der Waals surface area contributed by atoms with Crippen molar-refractivity contribution in [1.82, 2.24) is 10.3 Å². The van der Waals surface area contributed by atoms with Gasteiger partial charge in [0.1, 0.15) is 5.82 Å². The highest BCUT2D eigenvalue weighted by atomic mass is 19.1. The van der Waals surface area contributed by atoms with Crippen LogP contribution in [0.2, 0.25) is 0 Å². The molecule has 4 nitrogen and oxygen atoms in total. The van der Waals surface area contributed by atoms with Crippen molar-refractivity contribution in [2.75, 3.05) is 6.61 Å². The second kappa shape index (κ2) is 6.77. The van der Waals surface area contributed by atoms with Gasteiger partial charge in [0.05, 0.1) is 6.61 Å². The van der Waals surface area contributed by atoms with E-state index in [4.69, 9.17) is 4.74 Å². The lowest BCUT2D eigenvalue weighted by molar-refractivity contribution is 0.0949. The molecule has 0 spiro atoms. The van der Waals surface area contributed by atoms with Crippen LogP contribution in [0, 0.1) is 18.7 Å². The molecule has 1 aliphatic carbocycles. The monoisotopic (exact) mass is 314 g/mol. The number of amides is 1. The molecule has 120 valence electrons. The smallest absolute Gasteiger partial charge is 0.251 e. The number of halogens is 1.